The first kappa shape index (κ1) is 33.4. The summed E-state index contributed by atoms with van der Waals surface area (Å²) in [5, 5.41) is 27.7. The SMILES string of the molecule is NC(Cc1ccccc1)C(=O)NC(Cc1ccccc1)C(=O)NC(Cc1ccc(O)cc1)C(=O)NC(Cc1ccccc1)C(=O)O. The molecule has 0 aliphatic heterocycles. The van der Waals surface area contributed by atoms with Gasteiger partial charge in [-0.1, -0.05) is 103 Å². The molecule has 0 aromatic heterocycles. The van der Waals surface area contributed by atoms with Gasteiger partial charge >= 0.3 is 5.97 Å². The Morgan fingerprint density at radius 1 is 0.500 bits per heavy atom. The number of aromatic hydroxyl groups is 1. The molecule has 0 aliphatic carbocycles. The molecule has 7 N–H and O–H groups in total. The molecule has 0 radical (unpaired) electrons. The van der Waals surface area contributed by atoms with E-state index in [1.165, 1.54) is 12.1 Å². The van der Waals surface area contributed by atoms with Gasteiger partial charge in [0.1, 0.15) is 23.9 Å². The van der Waals surface area contributed by atoms with Gasteiger partial charge in [0.05, 0.1) is 6.04 Å². The van der Waals surface area contributed by atoms with Crippen LogP contribution in [0.15, 0.2) is 115 Å². The van der Waals surface area contributed by atoms with Crippen LogP contribution in [0.3, 0.4) is 0 Å². The van der Waals surface area contributed by atoms with Crippen LogP contribution in [0.1, 0.15) is 22.3 Å². The summed E-state index contributed by atoms with van der Waals surface area (Å²) in [5.41, 5.74) is 9.18. The highest BCUT2D eigenvalue weighted by Gasteiger charge is 2.31. The van der Waals surface area contributed by atoms with Crippen molar-refractivity contribution in [3.63, 3.8) is 0 Å². The summed E-state index contributed by atoms with van der Waals surface area (Å²) in [6.07, 6.45) is 0.412. The Kier molecular flexibility index (Phi) is 12.0. The third-order valence-corrected chi connectivity index (χ3v) is 7.46. The van der Waals surface area contributed by atoms with Crippen molar-refractivity contribution in [2.24, 2.45) is 5.73 Å². The highest BCUT2D eigenvalue weighted by molar-refractivity contribution is 5.94. The topological polar surface area (TPSA) is 171 Å². The first-order valence-corrected chi connectivity index (χ1v) is 15.0. The molecule has 0 saturated heterocycles. The van der Waals surface area contributed by atoms with E-state index in [2.05, 4.69) is 16.0 Å². The Balaban J connectivity index is 1.55. The number of nitrogens with two attached hydrogens (primary N) is 1. The summed E-state index contributed by atoms with van der Waals surface area (Å²) < 4.78 is 0. The van der Waals surface area contributed by atoms with Gasteiger partial charge in [0.15, 0.2) is 0 Å². The van der Waals surface area contributed by atoms with Crippen molar-refractivity contribution >= 4 is 23.7 Å². The van der Waals surface area contributed by atoms with Crippen molar-refractivity contribution < 1.29 is 29.4 Å². The maximum Gasteiger partial charge on any atom is 0.326 e. The van der Waals surface area contributed by atoms with Gasteiger partial charge in [-0.25, -0.2) is 4.79 Å². The molecule has 46 heavy (non-hydrogen) atoms. The number of benzene rings is 4. The fourth-order valence-corrected chi connectivity index (χ4v) is 4.97. The molecule has 10 heteroatoms. The minimum absolute atomic E-state index is 0.00491. The van der Waals surface area contributed by atoms with Crippen LogP contribution < -0.4 is 21.7 Å². The number of hydrogen-bond donors (Lipinski definition) is 6. The second kappa shape index (κ2) is 16.6. The lowest BCUT2D eigenvalue weighted by Crippen LogP contribution is -2.58. The Bertz CT molecular complexity index is 1580. The van der Waals surface area contributed by atoms with E-state index in [9.17, 15) is 29.4 Å². The molecule has 0 aliphatic rings. The quantitative estimate of drug-likeness (QED) is 0.118. The number of carboxylic acid groups (broad SMARTS) is 1. The van der Waals surface area contributed by atoms with Crippen LogP contribution >= 0.6 is 0 Å². The minimum atomic E-state index is -1.26. The molecule has 3 amide bonds. The Morgan fingerprint density at radius 2 is 0.848 bits per heavy atom. The number of hydrogen-bond acceptors (Lipinski definition) is 6. The first-order valence-electron chi connectivity index (χ1n) is 15.0. The summed E-state index contributed by atoms with van der Waals surface area (Å²) in [6, 6.07) is 28.9. The fraction of sp³-hybridized carbons (Fsp3) is 0.222. The molecular formula is C36H38N4O6. The van der Waals surface area contributed by atoms with E-state index in [0.717, 1.165) is 11.1 Å². The average Bonchev–Trinajstić information content (AvgIpc) is 3.06. The van der Waals surface area contributed by atoms with E-state index >= 15 is 0 Å². The largest absolute Gasteiger partial charge is 0.508 e. The Morgan fingerprint density at radius 3 is 1.28 bits per heavy atom. The number of aliphatic carboxylic acids is 1. The van der Waals surface area contributed by atoms with E-state index in [1.54, 1.807) is 42.5 Å². The van der Waals surface area contributed by atoms with Crippen LogP contribution in [0.4, 0.5) is 0 Å². The molecule has 0 spiro atoms. The van der Waals surface area contributed by atoms with Crippen molar-refractivity contribution in [1.29, 1.82) is 0 Å². The summed E-state index contributed by atoms with van der Waals surface area (Å²) in [7, 11) is 0. The van der Waals surface area contributed by atoms with Crippen LogP contribution in [0.5, 0.6) is 5.75 Å². The van der Waals surface area contributed by atoms with Gasteiger partial charge in [-0.2, -0.15) is 0 Å². The third kappa shape index (κ3) is 10.3. The van der Waals surface area contributed by atoms with Crippen molar-refractivity contribution in [2.45, 2.75) is 49.9 Å². The highest BCUT2D eigenvalue weighted by atomic mass is 16.4. The average molecular weight is 623 g/mol. The van der Waals surface area contributed by atoms with Crippen molar-refractivity contribution in [2.75, 3.05) is 0 Å². The number of nitrogens with one attached hydrogen (secondary N) is 3. The third-order valence-electron chi connectivity index (χ3n) is 7.46. The zero-order chi connectivity index (χ0) is 32.9. The predicted molar refractivity (Wildman–Crippen MR) is 174 cm³/mol. The minimum Gasteiger partial charge on any atom is -0.508 e. The maximum absolute atomic E-state index is 13.8. The fourth-order valence-electron chi connectivity index (χ4n) is 4.97. The van der Waals surface area contributed by atoms with Crippen LogP contribution in [-0.4, -0.2) is 58.1 Å². The van der Waals surface area contributed by atoms with Crippen LogP contribution in [0, 0.1) is 0 Å². The summed E-state index contributed by atoms with van der Waals surface area (Å²) in [4.78, 5) is 52.8. The van der Waals surface area contributed by atoms with Crippen molar-refractivity contribution in [3.8, 4) is 5.75 Å². The van der Waals surface area contributed by atoms with Gasteiger partial charge in [0.25, 0.3) is 0 Å². The summed E-state index contributed by atoms with van der Waals surface area (Å²) >= 11 is 0. The van der Waals surface area contributed by atoms with Crippen LogP contribution in [0.25, 0.3) is 0 Å². The van der Waals surface area contributed by atoms with Gasteiger partial charge < -0.3 is 31.9 Å². The van der Waals surface area contributed by atoms with Crippen LogP contribution in [0.2, 0.25) is 0 Å². The highest BCUT2D eigenvalue weighted by Crippen LogP contribution is 2.13. The molecule has 4 unspecified atom stereocenters. The van der Waals surface area contributed by atoms with E-state index in [1.807, 2.05) is 60.7 Å². The lowest BCUT2D eigenvalue weighted by molar-refractivity contribution is -0.142. The first-order chi connectivity index (χ1) is 22.2. The number of carbonyl (C=O) groups is 4. The summed E-state index contributed by atoms with van der Waals surface area (Å²) in [5.74, 6) is -3.09. The molecule has 4 aromatic carbocycles. The molecule has 238 valence electrons. The van der Waals surface area contributed by atoms with Gasteiger partial charge in [-0.3, -0.25) is 14.4 Å². The van der Waals surface area contributed by atoms with Gasteiger partial charge in [0.2, 0.25) is 17.7 Å². The summed E-state index contributed by atoms with van der Waals surface area (Å²) in [6.45, 7) is 0. The van der Waals surface area contributed by atoms with Crippen LogP contribution in [-0.2, 0) is 44.9 Å². The van der Waals surface area contributed by atoms with Gasteiger partial charge in [-0.05, 0) is 40.8 Å². The maximum atomic E-state index is 13.8. The molecule has 10 nitrogen and oxygen atoms in total. The van der Waals surface area contributed by atoms with E-state index in [-0.39, 0.29) is 31.4 Å². The number of phenols is 1. The molecule has 4 aromatic rings. The molecule has 4 rings (SSSR count). The molecule has 0 saturated carbocycles. The molecular weight excluding hydrogens is 584 g/mol. The molecule has 0 heterocycles. The monoisotopic (exact) mass is 622 g/mol. The normalized spacial score (nSPS) is 13.4. The van der Waals surface area contributed by atoms with Gasteiger partial charge in [0, 0.05) is 19.3 Å². The van der Waals surface area contributed by atoms with E-state index in [0.29, 0.717) is 11.1 Å². The molecule has 0 fully saturated rings. The lowest BCUT2D eigenvalue weighted by Gasteiger charge is -2.25. The van der Waals surface area contributed by atoms with E-state index in [4.69, 9.17) is 5.73 Å². The van der Waals surface area contributed by atoms with Gasteiger partial charge in [-0.15, -0.1) is 0 Å². The Hall–Kier alpha value is -5.48. The number of rotatable bonds is 15. The molecule has 4 atom stereocenters. The Labute approximate surface area is 267 Å². The van der Waals surface area contributed by atoms with Crippen molar-refractivity contribution in [1.82, 2.24) is 16.0 Å². The molecule has 0 bridgehead atoms. The number of phenolic OH excluding ortho intramolecular Hbond substituents is 1. The zero-order valence-electron chi connectivity index (χ0n) is 25.2. The lowest BCUT2D eigenvalue weighted by atomic mass is 10.0. The number of amides is 3. The smallest absolute Gasteiger partial charge is 0.326 e. The predicted octanol–water partition coefficient (Wildman–Crippen LogP) is 2.53. The second-order valence-corrected chi connectivity index (χ2v) is 11.1. The number of carbonyl (C=O) groups excluding carboxylic acids is 3. The number of carboxylic acids is 1. The van der Waals surface area contributed by atoms with Crippen molar-refractivity contribution in [3.05, 3.63) is 138 Å². The standard InChI is InChI=1S/C36H38N4O6/c37-29(20-24-10-4-1-5-11-24)33(42)38-30(21-25-12-6-2-7-13-25)34(43)39-31(22-27-16-18-28(41)19-17-27)35(44)40-32(36(45)46)23-26-14-8-3-9-15-26/h1-19,29-32,41H,20-23,37H2,(H,38,42)(H,39,43)(H,40,44)(H,45,46). The second-order valence-electron chi connectivity index (χ2n) is 11.1. The van der Waals surface area contributed by atoms with E-state index < -0.39 is 47.9 Å². The zero-order valence-corrected chi connectivity index (χ0v) is 25.2.